The van der Waals surface area contributed by atoms with Crippen LogP contribution in [0, 0.1) is 13.8 Å². The van der Waals surface area contributed by atoms with Crippen LogP contribution in [-0.2, 0) is 10.0 Å². The van der Waals surface area contributed by atoms with E-state index in [1.54, 1.807) is 26.0 Å². The van der Waals surface area contributed by atoms with Crippen LogP contribution in [0.2, 0.25) is 0 Å². The highest BCUT2D eigenvalue weighted by Crippen LogP contribution is 2.30. The Kier molecular flexibility index (Phi) is 3.71. The summed E-state index contributed by atoms with van der Waals surface area (Å²) in [6, 6.07) is 4.14. The first-order chi connectivity index (χ1) is 9.87. The van der Waals surface area contributed by atoms with Crippen molar-refractivity contribution in [3.63, 3.8) is 0 Å². The Labute approximate surface area is 126 Å². The number of benzene rings is 1. The summed E-state index contributed by atoms with van der Waals surface area (Å²) in [4.78, 5) is 2.78. The molecule has 0 radical (unpaired) electrons. The van der Waals surface area contributed by atoms with E-state index in [1.165, 1.54) is 12.8 Å². The lowest BCUT2D eigenvalue weighted by molar-refractivity contribution is 0.322. The first-order valence-electron chi connectivity index (χ1n) is 7.50. The third-order valence-electron chi connectivity index (χ3n) is 4.36. The van der Waals surface area contributed by atoms with E-state index in [1.807, 2.05) is 0 Å². The highest BCUT2D eigenvalue weighted by molar-refractivity contribution is 7.89. The summed E-state index contributed by atoms with van der Waals surface area (Å²) in [6.45, 7) is 5.42. The molecule has 1 aromatic carbocycles. The molecule has 21 heavy (non-hydrogen) atoms. The van der Waals surface area contributed by atoms with E-state index in [9.17, 15) is 8.42 Å². The van der Waals surface area contributed by atoms with E-state index in [4.69, 9.17) is 5.73 Å². The summed E-state index contributed by atoms with van der Waals surface area (Å²) >= 11 is 0. The number of anilines is 1. The second-order valence-electron chi connectivity index (χ2n) is 6.32. The maximum absolute atomic E-state index is 12.7. The monoisotopic (exact) mass is 309 g/mol. The Morgan fingerprint density at radius 1 is 1.19 bits per heavy atom. The van der Waals surface area contributed by atoms with Crippen molar-refractivity contribution in [2.75, 3.05) is 18.8 Å². The predicted molar refractivity (Wildman–Crippen MR) is 83.6 cm³/mol. The van der Waals surface area contributed by atoms with Gasteiger partial charge in [-0.2, -0.15) is 0 Å². The maximum Gasteiger partial charge on any atom is 0.241 e. The first-order valence-corrected chi connectivity index (χ1v) is 8.98. The Hall–Kier alpha value is -1.11. The topological polar surface area (TPSA) is 75.4 Å². The van der Waals surface area contributed by atoms with Crippen LogP contribution in [0.15, 0.2) is 17.0 Å². The second-order valence-corrected chi connectivity index (χ2v) is 7.97. The molecule has 2 fully saturated rings. The van der Waals surface area contributed by atoms with Crippen molar-refractivity contribution in [3.05, 3.63) is 23.3 Å². The number of rotatable bonds is 4. The summed E-state index contributed by atoms with van der Waals surface area (Å²) < 4.78 is 28.2. The molecular weight excluding hydrogens is 286 g/mol. The molecule has 1 aromatic rings. The van der Waals surface area contributed by atoms with Gasteiger partial charge in [-0.3, -0.25) is 4.90 Å². The molecule has 1 aliphatic carbocycles. The van der Waals surface area contributed by atoms with Gasteiger partial charge in [0.25, 0.3) is 0 Å². The fraction of sp³-hybridized carbons (Fsp3) is 0.600. The van der Waals surface area contributed by atoms with Gasteiger partial charge in [0.15, 0.2) is 0 Å². The number of sulfonamides is 1. The van der Waals surface area contributed by atoms with E-state index >= 15 is 0 Å². The number of hydrogen-bond acceptors (Lipinski definition) is 4. The number of nitrogens with two attached hydrogens (primary N) is 1. The summed E-state index contributed by atoms with van der Waals surface area (Å²) in [7, 11) is -3.48. The normalized spacial score (nSPS) is 23.6. The Morgan fingerprint density at radius 3 is 2.38 bits per heavy atom. The fourth-order valence-electron chi connectivity index (χ4n) is 3.34. The molecule has 3 rings (SSSR count). The van der Waals surface area contributed by atoms with Gasteiger partial charge in [0, 0.05) is 30.9 Å². The lowest BCUT2D eigenvalue weighted by Gasteiger charge is -2.18. The largest absolute Gasteiger partial charge is 0.399 e. The molecule has 0 aromatic heterocycles. The molecule has 1 saturated heterocycles. The van der Waals surface area contributed by atoms with Gasteiger partial charge in [-0.1, -0.05) is 0 Å². The van der Waals surface area contributed by atoms with E-state index in [2.05, 4.69) is 9.62 Å². The third kappa shape index (κ3) is 3.07. The van der Waals surface area contributed by atoms with Crippen LogP contribution in [0.5, 0.6) is 0 Å². The molecule has 0 bridgehead atoms. The first kappa shape index (κ1) is 14.8. The zero-order chi connectivity index (χ0) is 15.2. The van der Waals surface area contributed by atoms with Gasteiger partial charge >= 0.3 is 0 Å². The van der Waals surface area contributed by atoms with E-state index in [0.29, 0.717) is 27.8 Å². The number of nitrogen functional groups attached to an aromatic ring is 1. The molecule has 5 nitrogen and oxygen atoms in total. The van der Waals surface area contributed by atoms with E-state index < -0.39 is 10.0 Å². The summed E-state index contributed by atoms with van der Waals surface area (Å²) in [5.74, 6) is 0. The quantitative estimate of drug-likeness (QED) is 0.824. The minimum absolute atomic E-state index is 0.0203. The molecule has 1 heterocycles. The number of hydrogen-bond donors (Lipinski definition) is 2. The molecule has 6 heteroatoms. The molecule has 1 atom stereocenters. The van der Waals surface area contributed by atoms with Crippen molar-refractivity contribution in [2.24, 2.45) is 0 Å². The van der Waals surface area contributed by atoms with Gasteiger partial charge in [-0.05, 0) is 56.4 Å². The van der Waals surface area contributed by atoms with Crippen LogP contribution in [0.3, 0.4) is 0 Å². The number of likely N-dealkylation sites (tertiary alicyclic amines) is 1. The number of nitrogens with one attached hydrogen (secondary N) is 1. The van der Waals surface area contributed by atoms with Crippen molar-refractivity contribution in [1.29, 1.82) is 0 Å². The number of aryl methyl sites for hydroxylation is 2. The van der Waals surface area contributed by atoms with Crippen LogP contribution in [0.4, 0.5) is 5.69 Å². The van der Waals surface area contributed by atoms with Crippen molar-refractivity contribution in [2.45, 2.75) is 50.1 Å². The molecule has 3 N–H and O–H groups in total. The Bertz CT molecular complexity index is 630. The molecule has 1 unspecified atom stereocenters. The summed E-state index contributed by atoms with van der Waals surface area (Å²) in [6.07, 6.45) is 3.41. The van der Waals surface area contributed by atoms with Crippen molar-refractivity contribution in [1.82, 2.24) is 9.62 Å². The molecular formula is C15H23N3O2S. The molecule has 2 aliphatic rings. The zero-order valence-electron chi connectivity index (χ0n) is 12.6. The minimum atomic E-state index is -3.48. The van der Waals surface area contributed by atoms with E-state index in [0.717, 1.165) is 19.5 Å². The molecule has 0 amide bonds. The van der Waals surface area contributed by atoms with Gasteiger partial charge in [0.1, 0.15) is 0 Å². The minimum Gasteiger partial charge on any atom is -0.399 e. The average molecular weight is 309 g/mol. The zero-order valence-corrected chi connectivity index (χ0v) is 13.4. The fourth-order valence-corrected chi connectivity index (χ4v) is 5.06. The Morgan fingerprint density at radius 2 is 1.81 bits per heavy atom. The van der Waals surface area contributed by atoms with Gasteiger partial charge in [-0.15, -0.1) is 0 Å². The van der Waals surface area contributed by atoms with E-state index in [-0.39, 0.29) is 6.04 Å². The van der Waals surface area contributed by atoms with Gasteiger partial charge in [0.05, 0.1) is 4.90 Å². The highest BCUT2D eigenvalue weighted by atomic mass is 32.2. The predicted octanol–water partition coefficient (Wildman–Crippen LogP) is 1.40. The van der Waals surface area contributed by atoms with Gasteiger partial charge in [0.2, 0.25) is 10.0 Å². The summed E-state index contributed by atoms with van der Waals surface area (Å²) in [5.41, 5.74) is 7.78. The Balaban J connectivity index is 1.78. The SMILES string of the molecule is Cc1cc(N)cc(C)c1S(=O)(=O)NC1CCN(C2CC2)C1. The van der Waals surface area contributed by atoms with Crippen LogP contribution < -0.4 is 10.5 Å². The van der Waals surface area contributed by atoms with Crippen molar-refractivity contribution < 1.29 is 8.42 Å². The molecule has 1 saturated carbocycles. The van der Waals surface area contributed by atoms with Crippen LogP contribution in [0.1, 0.15) is 30.4 Å². The second kappa shape index (κ2) is 5.26. The lowest BCUT2D eigenvalue weighted by atomic mass is 10.1. The third-order valence-corrected chi connectivity index (χ3v) is 6.18. The maximum atomic E-state index is 12.7. The number of nitrogens with zero attached hydrogens (tertiary/aromatic N) is 1. The van der Waals surface area contributed by atoms with Gasteiger partial charge < -0.3 is 5.73 Å². The van der Waals surface area contributed by atoms with Crippen molar-refractivity contribution >= 4 is 15.7 Å². The average Bonchev–Trinajstić information content (AvgIpc) is 3.09. The van der Waals surface area contributed by atoms with Crippen LogP contribution in [-0.4, -0.2) is 38.5 Å². The molecule has 0 spiro atoms. The van der Waals surface area contributed by atoms with Crippen LogP contribution >= 0.6 is 0 Å². The smallest absolute Gasteiger partial charge is 0.241 e. The highest BCUT2D eigenvalue weighted by Gasteiger charge is 2.36. The van der Waals surface area contributed by atoms with Crippen molar-refractivity contribution in [3.8, 4) is 0 Å². The summed E-state index contributed by atoms with van der Waals surface area (Å²) in [5, 5.41) is 0. The lowest BCUT2D eigenvalue weighted by Crippen LogP contribution is -2.38. The van der Waals surface area contributed by atoms with Gasteiger partial charge in [-0.25, -0.2) is 13.1 Å². The van der Waals surface area contributed by atoms with Crippen LogP contribution in [0.25, 0.3) is 0 Å². The standard InChI is InChI=1S/C15H23N3O2S/c1-10-7-12(16)8-11(2)15(10)21(19,20)17-13-5-6-18(9-13)14-3-4-14/h7-8,13-14,17H,3-6,9,16H2,1-2H3. The molecule has 116 valence electrons. The molecule has 1 aliphatic heterocycles.